The number of nitriles is 1. The molecule has 0 N–H and O–H groups in total. The van der Waals surface area contributed by atoms with Crippen LogP contribution in [-0.4, -0.2) is 91.8 Å². The molecule has 3 saturated heterocycles. The first-order valence-electron chi connectivity index (χ1n) is 17.2. The van der Waals surface area contributed by atoms with Crippen LogP contribution in [0.2, 0.25) is 5.02 Å². The van der Waals surface area contributed by atoms with E-state index in [4.69, 9.17) is 26.3 Å². The van der Waals surface area contributed by atoms with Crippen molar-refractivity contribution in [2.24, 2.45) is 5.92 Å². The van der Waals surface area contributed by atoms with Gasteiger partial charge >= 0.3 is 6.01 Å². The Kier molecular flexibility index (Phi) is 8.45. The number of thioether (sulfide) groups is 2. The molecule has 2 unspecified atom stereocenters. The number of fused-ring (bicyclic) bond motifs is 2. The summed E-state index contributed by atoms with van der Waals surface area (Å²) in [7, 11) is 2.27. The molecule has 5 aliphatic rings. The van der Waals surface area contributed by atoms with Crippen molar-refractivity contribution in [2.75, 3.05) is 49.6 Å². The molecule has 4 fully saturated rings. The number of benzene rings is 2. The number of rotatable bonds is 10. The van der Waals surface area contributed by atoms with E-state index in [1.54, 1.807) is 4.90 Å². The van der Waals surface area contributed by atoms with Crippen LogP contribution in [-0.2, 0) is 17.8 Å². The Morgan fingerprint density at radius 3 is 2.71 bits per heavy atom. The molecular formula is C37H42ClN7O2S2. The highest BCUT2D eigenvalue weighted by molar-refractivity contribution is 8.09. The standard InChI is InChI=1S/C37H42ClN7O2S2/c1-5-31(46)45-19-18-44(20-25(45)14-16-39)33-26-15-17-43(29-11-7-9-23-8-6-10-27(38)32(23)29)21-28(26)40-35(41-33)47-22-30-37(3,48-30)42(4)34-36(2,49-34)24-12-13-24/h5-11,24-25,30,34H,1,12-15,17-22H2,2-4H3/t25-,30?,34?,36-,37-/m0/s1. The quantitative estimate of drug-likeness (QED) is 0.175. The van der Waals surface area contributed by atoms with Crippen LogP contribution in [0.25, 0.3) is 10.8 Å². The fraction of sp³-hybridized carbons (Fsp3) is 0.514. The molecule has 1 saturated carbocycles. The number of piperazine rings is 1. The van der Waals surface area contributed by atoms with E-state index in [0.717, 1.165) is 57.4 Å². The van der Waals surface area contributed by atoms with Gasteiger partial charge in [-0.25, -0.2) is 0 Å². The van der Waals surface area contributed by atoms with Gasteiger partial charge in [-0.3, -0.25) is 9.69 Å². The number of ether oxygens (including phenoxy) is 1. The molecule has 9 nitrogen and oxygen atoms in total. The van der Waals surface area contributed by atoms with E-state index < -0.39 is 0 Å². The monoisotopic (exact) mass is 715 g/mol. The van der Waals surface area contributed by atoms with Crippen LogP contribution in [0.15, 0.2) is 49.1 Å². The molecule has 2 aromatic carbocycles. The lowest BCUT2D eigenvalue weighted by Gasteiger charge is -2.42. The average Bonchev–Trinajstić information content (AvgIpc) is 4.03. The van der Waals surface area contributed by atoms with E-state index >= 15 is 0 Å². The SMILES string of the molecule is C=CC(=O)N1CCN(c2nc(OCC3S[C@]3(C)N(C)C3S[C@@]3(C)C3CC3)nc3c2CCN(c2cccc4cccc(Cl)c24)C3)C[C@@H]1CC#N. The van der Waals surface area contributed by atoms with Crippen molar-refractivity contribution in [3.8, 4) is 12.1 Å². The molecule has 4 aliphatic heterocycles. The van der Waals surface area contributed by atoms with Gasteiger partial charge in [-0.2, -0.15) is 15.2 Å². The maximum atomic E-state index is 12.7. The van der Waals surface area contributed by atoms with Gasteiger partial charge in [0, 0.05) is 47.6 Å². The second kappa shape index (κ2) is 12.6. The van der Waals surface area contributed by atoms with Gasteiger partial charge in [-0.1, -0.05) is 42.4 Å². The van der Waals surface area contributed by atoms with Gasteiger partial charge in [-0.15, -0.1) is 23.5 Å². The highest BCUT2D eigenvalue weighted by Crippen LogP contribution is 2.69. The lowest BCUT2D eigenvalue weighted by molar-refractivity contribution is -0.128. The molecule has 1 amide bonds. The largest absolute Gasteiger partial charge is 0.462 e. The summed E-state index contributed by atoms with van der Waals surface area (Å²) in [6, 6.07) is 14.8. The summed E-state index contributed by atoms with van der Waals surface area (Å²) in [5.74, 6) is 1.57. The van der Waals surface area contributed by atoms with Crippen molar-refractivity contribution in [3.05, 3.63) is 65.3 Å². The Labute approximate surface area is 302 Å². The number of halogens is 1. The molecule has 0 spiro atoms. The van der Waals surface area contributed by atoms with E-state index in [9.17, 15) is 10.1 Å². The summed E-state index contributed by atoms with van der Waals surface area (Å²) < 4.78 is 6.89. The zero-order chi connectivity index (χ0) is 34.1. The van der Waals surface area contributed by atoms with E-state index in [1.165, 1.54) is 18.9 Å². The molecule has 49 heavy (non-hydrogen) atoms. The number of carbonyl (C=O) groups excluding carboxylic acids is 1. The highest BCUT2D eigenvalue weighted by Gasteiger charge is 2.67. The fourth-order valence-electron chi connectivity index (χ4n) is 7.96. The summed E-state index contributed by atoms with van der Waals surface area (Å²) >= 11 is 10.8. The minimum absolute atomic E-state index is 0.0321. The van der Waals surface area contributed by atoms with Crippen LogP contribution in [0.4, 0.5) is 11.5 Å². The predicted molar refractivity (Wildman–Crippen MR) is 199 cm³/mol. The lowest BCUT2D eigenvalue weighted by atomic mass is 10.0. The second-order valence-corrected chi connectivity index (χ2v) is 17.9. The van der Waals surface area contributed by atoms with Crippen molar-refractivity contribution in [2.45, 2.75) is 72.4 Å². The summed E-state index contributed by atoms with van der Waals surface area (Å²) in [4.78, 5) is 31.7. The summed E-state index contributed by atoms with van der Waals surface area (Å²) in [5, 5.41) is 13.4. The normalized spacial score (nSPS) is 29.1. The summed E-state index contributed by atoms with van der Waals surface area (Å²) in [6.07, 6.45) is 5.06. The van der Waals surface area contributed by atoms with E-state index in [2.05, 4.69) is 84.3 Å². The smallest absolute Gasteiger partial charge is 0.318 e. The zero-order valence-corrected chi connectivity index (χ0v) is 30.7. The van der Waals surface area contributed by atoms with Gasteiger partial charge in [0.25, 0.3) is 0 Å². The Hall–Kier alpha value is -3.17. The Bertz CT molecular complexity index is 1860. The molecule has 256 valence electrons. The molecule has 5 heterocycles. The van der Waals surface area contributed by atoms with Gasteiger partial charge < -0.3 is 19.4 Å². The number of aromatic nitrogens is 2. The molecule has 3 aromatic rings. The average molecular weight is 716 g/mol. The first kappa shape index (κ1) is 33.0. The number of hydrogen-bond acceptors (Lipinski definition) is 10. The number of anilines is 2. The molecule has 0 radical (unpaired) electrons. The van der Waals surface area contributed by atoms with Crippen molar-refractivity contribution >= 4 is 63.3 Å². The second-order valence-electron chi connectivity index (χ2n) is 14.3. The Balaban J connectivity index is 1.07. The van der Waals surface area contributed by atoms with Crippen LogP contribution in [0.5, 0.6) is 6.01 Å². The lowest BCUT2D eigenvalue weighted by Crippen LogP contribution is -2.55. The fourth-order valence-corrected chi connectivity index (χ4v) is 11.0. The zero-order valence-electron chi connectivity index (χ0n) is 28.3. The Morgan fingerprint density at radius 1 is 1.16 bits per heavy atom. The van der Waals surface area contributed by atoms with E-state index in [1.807, 2.05) is 23.9 Å². The highest BCUT2D eigenvalue weighted by atomic mass is 35.5. The molecule has 0 bridgehead atoms. The summed E-state index contributed by atoms with van der Waals surface area (Å²) in [5.41, 5.74) is 3.13. The maximum absolute atomic E-state index is 12.7. The number of hydrogen-bond donors (Lipinski definition) is 0. The Morgan fingerprint density at radius 2 is 1.96 bits per heavy atom. The maximum Gasteiger partial charge on any atom is 0.318 e. The van der Waals surface area contributed by atoms with Gasteiger partial charge in [0.05, 0.1) is 51.3 Å². The van der Waals surface area contributed by atoms with Crippen LogP contribution in [0.1, 0.15) is 44.4 Å². The van der Waals surface area contributed by atoms with Crippen LogP contribution >= 0.6 is 35.1 Å². The molecular weight excluding hydrogens is 674 g/mol. The summed E-state index contributed by atoms with van der Waals surface area (Å²) in [6.45, 7) is 12.0. The molecule has 8 rings (SSSR count). The number of carbonyl (C=O) groups is 1. The predicted octanol–water partition coefficient (Wildman–Crippen LogP) is 6.35. The third kappa shape index (κ3) is 5.92. The topological polar surface area (TPSA) is 88.8 Å². The third-order valence-electron chi connectivity index (χ3n) is 11.3. The van der Waals surface area contributed by atoms with Crippen LogP contribution < -0.4 is 14.5 Å². The minimum atomic E-state index is -0.252. The molecule has 1 aromatic heterocycles. The van der Waals surface area contributed by atoms with Crippen molar-refractivity contribution in [1.29, 1.82) is 5.26 Å². The first-order valence-corrected chi connectivity index (χ1v) is 19.4. The van der Waals surface area contributed by atoms with Crippen LogP contribution in [0, 0.1) is 17.2 Å². The van der Waals surface area contributed by atoms with Gasteiger partial charge in [-0.05, 0) is 69.7 Å². The molecule has 1 aliphatic carbocycles. The van der Waals surface area contributed by atoms with Crippen LogP contribution in [0.3, 0.4) is 0 Å². The van der Waals surface area contributed by atoms with Gasteiger partial charge in [0.15, 0.2) is 0 Å². The van der Waals surface area contributed by atoms with Crippen molar-refractivity contribution in [1.82, 2.24) is 19.8 Å². The minimum Gasteiger partial charge on any atom is -0.462 e. The van der Waals surface area contributed by atoms with E-state index in [-0.39, 0.29) is 23.2 Å². The van der Waals surface area contributed by atoms with E-state index in [0.29, 0.717) is 54.2 Å². The van der Waals surface area contributed by atoms with Crippen molar-refractivity contribution < 1.29 is 9.53 Å². The molecule has 12 heteroatoms. The first-order chi connectivity index (χ1) is 23.6. The number of nitrogens with zero attached hydrogens (tertiary/aromatic N) is 7. The number of amides is 1. The third-order valence-corrected chi connectivity index (χ3v) is 15.1. The van der Waals surface area contributed by atoms with Gasteiger partial charge in [0.1, 0.15) is 12.4 Å². The molecule has 5 atom stereocenters. The van der Waals surface area contributed by atoms with Gasteiger partial charge in [0.2, 0.25) is 5.91 Å². The van der Waals surface area contributed by atoms with Crippen molar-refractivity contribution in [3.63, 3.8) is 0 Å².